The fourth-order valence-corrected chi connectivity index (χ4v) is 2.32. The average Bonchev–Trinajstić information content (AvgIpc) is 2.57. The van der Waals surface area contributed by atoms with Crippen LogP contribution in [0.4, 0.5) is 0 Å². The Morgan fingerprint density at radius 3 is 2.33 bits per heavy atom. The van der Waals surface area contributed by atoms with Crippen LogP contribution < -0.4 is 0 Å². The lowest BCUT2D eigenvalue weighted by Gasteiger charge is -2.32. The summed E-state index contributed by atoms with van der Waals surface area (Å²) >= 11 is 11.9. The van der Waals surface area contributed by atoms with Gasteiger partial charge in [-0.1, -0.05) is 23.2 Å². The molecule has 1 fully saturated rings. The van der Waals surface area contributed by atoms with E-state index in [1.165, 1.54) is 6.20 Å². The molecule has 1 aromatic rings. The summed E-state index contributed by atoms with van der Waals surface area (Å²) in [7, 11) is -0.631. The topological polar surface area (TPSA) is 51.6 Å². The van der Waals surface area contributed by atoms with Crippen molar-refractivity contribution in [3.8, 4) is 0 Å². The van der Waals surface area contributed by atoms with E-state index in [0.29, 0.717) is 21.2 Å². The van der Waals surface area contributed by atoms with Crippen LogP contribution in [0.1, 0.15) is 33.4 Å². The maximum Gasteiger partial charge on any atom is 0.492 e. The Hall–Kier alpha value is -0.585. The Bertz CT molecular complexity index is 559. The number of hydrogen-bond acceptors (Lipinski definition) is 4. The van der Waals surface area contributed by atoms with Crippen molar-refractivity contribution in [3.63, 3.8) is 0 Å². The number of halogens is 2. The van der Waals surface area contributed by atoms with Gasteiger partial charge in [0, 0.05) is 6.20 Å². The molecular weight excluding hydrogens is 312 g/mol. The number of hydrogen-bond donors (Lipinski definition) is 1. The van der Waals surface area contributed by atoms with Crippen molar-refractivity contribution in [3.05, 3.63) is 33.5 Å². The Labute approximate surface area is 135 Å². The lowest BCUT2D eigenvalue weighted by molar-refractivity contribution is 0.00578. The van der Waals surface area contributed by atoms with Crippen molar-refractivity contribution in [2.45, 2.75) is 38.9 Å². The first-order chi connectivity index (χ1) is 9.66. The minimum Gasteiger partial charge on any atom is -0.400 e. The van der Waals surface area contributed by atoms with Crippen LogP contribution in [0.5, 0.6) is 0 Å². The molecule has 1 aliphatic rings. The van der Waals surface area contributed by atoms with E-state index >= 15 is 0 Å². The van der Waals surface area contributed by atoms with E-state index in [-0.39, 0.29) is 6.61 Å². The molecule has 0 amide bonds. The number of nitrogens with zero attached hydrogens (tertiary/aromatic N) is 1. The molecule has 4 nitrogen and oxygen atoms in total. The van der Waals surface area contributed by atoms with E-state index in [1.54, 1.807) is 12.1 Å². The van der Waals surface area contributed by atoms with E-state index < -0.39 is 18.3 Å². The van der Waals surface area contributed by atoms with E-state index in [1.807, 2.05) is 27.7 Å². The van der Waals surface area contributed by atoms with Crippen molar-refractivity contribution < 1.29 is 14.4 Å². The normalized spacial score (nSPS) is 20.9. The van der Waals surface area contributed by atoms with Gasteiger partial charge in [-0.3, -0.25) is 4.98 Å². The molecule has 1 aliphatic heterocycles. The largest absolute Gasteiger partial charge is 0.492 e. The SMILES string of the molecule is CC1(C)OB(C(=Cc2ncc(Cl)cc2Cl)CO)OC1(C)C. The summed E-state index contributed by atoms with van der Waals surface area (Å²) in [6.07, 6.45) is 3.17. The molecule has 0 bridgehead atoms. The van der Waals surface area contributed by atoms with Gasteiger partial charge in [0.2, 0.25) is 0 Å². The number of aliphatic hydroxyl groups excluding tert-OH is 1. The van der Waals surface area contributed by atoms with Gasteiger partial charge >= 0.3 is 7.12 Å². The molecular formula is C14H18BCl2NO3. The van der Waals surface area contributed by atoms with Gasteiger partial charge in [-0.15, -0.1) is 0 Å². The highest BCUT2D eigenvalue weighted by molar-refractivity contribution is 6.56. The smallest absolute Gasteiger partial charge is 0.400 e. The number of rotatable bonds is 3. The zero-order chi connectivity index (χ0) is 15.8. The van der Waals surface area contributed by atoms with Crippen molar-refractivity contribution >= 4 is 36.4 Å². The second kappa shape index (κ2) is 5.90. The van der Waals surface area contributed by atoms with Gasteiger partial charge in [0.25, 0.3) is 0 Å². The summed E-state index contributed by atoms with van der Waals surface area (Å²) in [5, 5.41) is 10.5. The van der Waals surface area contributed by atoms with Crippen LogP contribution in [0.15, 0.2) is 17.7 Å². The van der Waals surface area contributed by atoms with Gasteiger partial charge in [0.05, 0.1) is 33.5 Å². The Kier molecular flexibility index (Phi) is 4.71. The summed E-state index contributed by atoms with van der Waals surface area (Å²) < 4.78 is 11.8. The zero-order valence-electron chi connectivity index (χ0n) is 12.5. The average molecular weight is 330 g/mol. The number of aliphatic hydroxyl groups is 1. The standard InChI is InChI=1S/C14H18BCl2NO3/c1-13(2)14(3,4)21-15(20-13)9(8-19)5-12-11(17)6-10(16)7-18-12/h5-7,19H,8H2,1-4H3. The summed E-state index contributed by atoms with van der Waals surface area (Å²) in [6, 6.07) is 1.60. The van der Waals surface area contributed by atoms with Gasteiger partial charge in [0.1, 0.15) is 0 Å². The second-order valence-electron chi connectivity index (χ2n) is 5.99. The highest BCUT2D eigenvalue weighted by Crippen LogP contribution is 2.38. The first kappa shape index (κ1) is 16.8. The van der Waals surface area contributed by atoms with Gasteiger partial charge in [0.15, 0.2) is 0 Å². The molecule has 0 aliphatic carbocycles. The lowest BCUT2D eigenvalue weighted by atomic mass is 9.78. The van der Waals surface area contributed by atoms with Gasteiger partial charge in [-0.25, -0.2) is 0 Å². The maximum atomic E-state index is 9.61. The van der Waals surface area contributed by atoms with Gasteiger partial charge in [-0.2, -0.15) is 0 Å². The monoisotopic (exact) mass is 329 g/mol. The maximum absolute atomic E-state index is 9.61. The van der Waals surface area contributed by atoms with Crippen LogP contribution in [-0.2, 0) is 9.31 Å². The predicted octanol–water partition coefficient (Wildman–Crippen LogP) is 3.40. The molecule has 0 saturated carbocycles. The third-order valence-corrected chi connectivity index (χ3v) is 4.41. The summed E-state index contributed by atoms with van der Waals surface area (Å²) in [4.78, 5) is 4.15. The minimum atomic E-state index is -0.631. The fourth-order valence-electron chi connectivity index (χ4n) is 1.89. The molecule has 0 spiro atoms. The molecule has 7 heteroatoms. The van der Waals surface area contributed by atoms with Crippen LogP contribution in [0.25, 0.3) is 6.08 Å². The van der Waals surface area contributed by atoms with Gasteiger partial charge in [-0.05, 0) is 45.3 Å². The molecule has 0 atom stereocenters. The van der Waals surface area contributed by atoms with Gasteiger partial charge < -0.3 is 14.4 Å². The summed E-state index contributed by atoms with van der Waals surface area (Å²) in [5.74, 6) is 0. The third-order valence-electron chi connectivity index (χ3n) is 3.90. The van der Waals surface area contributed by atoms with E-state index in [0.717, 1.165) is 0 Å². The molecule has 1 saturated heterocycles. The lowest BCUT2D eigenvalue weighted by Crippen LogP contribution is -2.41. The van der Waals surface area contributed by atoms with Crippen LogP contribution in [0, 0.1) is 0 Å². The summed E-state index contributed by atoms with van der Waals surface area (Å²) in [6.45, 7) is 7.60. The molecule has 21 heavy (non-hydrogen) atoms. The van der Waals surface area contributed by atoms with Crippen molar-refractivity contribution in [1.29, 1.82) is 0 Å². The fraction of sp³-hybridized carbons (Fsp3) is 0.500. The predicted molar refractivity (Wildman–Crippen MR) is 85.4 cm³/mol. The Morgan fingerprint density at radius 2 is 1.86 bits per heavy atom. The molecule has 0 aromatic carbocycles. The molecule has 1 aromatic heterocycles. The number of pyridine rings is 1. The molecule has 2 heterocycles. The minimum absolute atomic E-state index is 0.211. The summed E-state index contributed by atoms with van der Waals surface area (Å²) in [5.41, 5.74) is 0.136. The van der Waals surface area contributed by atoms with E-state index in [9.17, 15) is 5.11 Å². The zero-order valence-corrected chi connectivity index (χ0v) is 14.0. The molecule has 2 rings (SSSR count). The van der Waals surface area contributed by atoms with E-state index in [2.05, 4.69) is 4.98 Å². The first-order valence-corrected chi connectivity index (χ1v) is 7.40. The highest BCUT2D eigenvalue weighted by Gasteiger charge is 2.52. The van der Waals surface area contributed by atoms with Crippen LogP contribution in [-0.4, -0.2) is 35.0 Å². The third kappa shape index (κ3) is 3.43. The quantitative estimate of drug-likeness (QED) is 0.863. The molecule has 0 unspecified atom stereocenters. The van der Waals surface area contributed by atoms with Crippen LogP contribution in [0.3, 0.4) is 0 Å². The van der Waals surface area contributed by atoms with E-state index in [4.69, 9.17) is 32.5 Å². The van der Waals surface area contributed by atoms with Crippen molar-refractivity contribution in [2.24, 2.45) is 0 Å². The molecule has 1 N–H and O–H groups in total. The van der Waals surface area contributed by atoms with Crippen molar-refractivity contribution in [1.82, 2.24) is 4.98 Å². The van der Waals surface area contributed by atoms with Crippen LogP contribution >= 0.6 is 23.2 Å². The molecule has 0 radical (unpaired) electrons. The second-order valence-corrected chi connectivity index (χ2v) is 6.83. The number of aromatic nitrogens is 1. The highest BCUT2D eigenvalue weighted by atomic mass is 35.5. The van der Waals surface area contributed by atoms with Crippen molar-refractivity contribution in [2.75, 3.05) is 6.61 Å². The first-order valence-electron chi connectivity index (χ1n) is 6.64. The van der Waals surface area contributed by atoms with Crippen LogP contribution in [0.2, 0.25) is 10.0 Å². The molecule has 114 valence electrons. The Balaban J connectivity index is 2.31. The Morgan fingerprint density at radius 1 is 1.29 bits per heavy atom.